The summed E-state index contributed by atoms with van der Waals surface area (Å²) >= 11 is 3.42. The minimum absolute atomic E-state index is 0. The van der Waals surface area contributed by atoms with Gasteiger partial charge < -0.3 is 5.32 Å². The van der Waals surface area contributed by atoms with Crippen LogP contribution in [-0.4, -0.2) is 17.9 Å². The predicted molar refractivity (Wildman–Crippen MR) is 46.7 cm³/mol. The van der Waals surface area contributed by atoms with Gasteiger partial charge in [-0.05, 0) is 25.8 Å². The molecule has 0 aromatic rings. The monoisotopic (exact) mass is 213 g/mol. The first-order valence-electron chi connectivity index (χ1n) is 3.23. The van der Waals surface area contributed by atoms with E-state index in [2.05, 4.69) is 21.2 Å². The van der Waals surface area contributed by atoms with Gasteiger partial charge in [-0.15, -0.1) is 12.4 Å². The maximum Gasteiger partial charge on any atom is 0.00754 e. The highest BCUT2D eigenvalue weighted by Crippen LogP contribution is 2.08. The Morgan fingerprint density at radius 3 is 2.78 bits per heavy atom. The lowest BCUT2D eigenvalue weighted by molar-refractivity contribution is 0.593. The zero-order valence-corrected chi connectivity index (χ0v) is 7.80. The second-order valence-electron chi connectivity index (χ2n) is 2.27. The summed E-state index contributed by atoms with van der Waals surface area (Å²) in [4.78, 5) is 0. The molecule has 0 aromatic carbocycles. The van der Waals surface area contributed by atoms with Crippen molar-refractivity contribution in [2.24, 2.45) is 0 Å². The Morgan fingerprint density at radius 1 is 1.56 bits per heavy atom. The molecule has 1 heterocycles. The van der Waals surface area contributed by atoms with Crippen LogP contribution in [0, 0.1) is 0 Å². The first-order valence-corrected chi connectivity index (χ1v) is 4.35. The lowest BCUT2D eigenvalue weighted by atomic mass is 10.2. The number of hydrogen-bond donors (Lipinski definition) is 1. The third-order valence-corrected chi connectivity index (χ3v) is 2.08. The summed E-state index contributed by atoms with van der Waals surface area (Å²) < 4.78 is 0. The molecule has 0 amide bonds. The largest absolute Gasteiger partial charge is 0.314 e. The predicted octanol–water partition coefficient (Wildman–Crippen LogP) is 1.95. The van der Waals surface area contributed by atoms with Crippen LogP contribution in [0.3, 0.4) is 0 Å². The Morgan fingerprint density at radius 2 is 2.33 bits per heavy atom. The van der Waals surface area contributed by atoms with E-state index in [0.29, 0.717) is 0 Å². The first-order chi connectivity index (χ1) is 3.93. The third kappa shape index (κ3) is 3.43. The summed E-state index contributed by atoms with van der Waals surface area (Å²) in [6, 6.07) is 0.814. The molecule has 0 bridgehead atoms. The Bertz CT molecular complexity index is 64.1. The van der Waals surface area contributed by atoms with Crippen LogP contribution in [0.1, 0.15) is 19.3 Å². The van der Waals surface area contributed by atoms with Gasteiger partial charge in [0.05, 0.1) is 0 Å². The molecule has 1 nitrogen and oxygen atoms in total. The fraction of sp³-hybridized carbons (Fsp3) is 1.00. The maximum absolute atomic E-state index is 3.43. The van der Waals surface area contributed by atoms with E-state index < -0.39 is 0 Å². The summed E-state index contributed by atoms with van der Waals surface area (Å²) in [5.41, 5.74) is 0. The Labute approximate surface area is 71.1 Å². The van der Waals surface area contributed by atoms with E-state index in [1.165, 1.54) is 25.8 Å². The fourth-order valence-electron chi connectivity index (χ4n) is 1.13. The highest BCUT2D eigenvalue weighted by atomic mass is 79.9. The summed E-state index contributed by atoms with van der Waals surface area (Å²) in [6.07, 6.45) is 4.04. The zero-order chi connectivity index (χ0) is 5.82. The minimum Gasteiger partial charge on any atom is -0.314 e. The summed E-state index contributed by atoms with van der Waals surface area (Å²) in [6.45, 7) is 1.23. The minimum atomic E-state index is 0. The molecule has 1 rings (SSSR count). The van der Waals surface area contributed by atoms with Crippen molar-refractivity contribution < 1.29 is 0 Å². The molecular formula is C6H13BrClN. The summed E-state index contributed by atoms with van der Waals surface area (Å²) in [7, 11) is 0. The lowest BCUT2D eigenvalue weighted by Gasteiger charge is -2.04. The van der Waals surface area contributed by atoms with E-state index in [4.69, 9.17) is 0 Å². The number of hydrogen-bond acceptors (Lipinski definition) is 1. The van der Waals surface area contributed by atoms with Gasteiger partial charge in [0, 0.05) is 11.4 Å². The zero-order valence-electron chi connectivity index (χ0n) is 5.40. The van der Waals surface area contributed by atoms with Crippen LogP contribution in [0.4, 0.5) is 0 Å². The molecule has 1 N–H and O–H groups in total. The average Bonchev–Trinajstić information content (AvgIpc) is 2.19. The molecule has 3 heteroatoms. The van der Waals surface area contributed by atoms with Gasteiger partial charge in [-0.3, -0.25) is 0 Å². The van der Waals surface area contributed by atoms with Crippen LogP contribution in [0.25, 0.3) is 0 Å². The van der Waals surface area contributed by atoms with Crippen molar-refractivity contribution >= 4 is 28.3 Å². The highest BCUT2D eigenvalue weighted by molar-refractivity contribution is 9.09. The van der Waals surface area contributed by atoms with E-state index >= 15 is 0 Å². The summed E-state index contributed by atoms with van der Waals surface area (Å²) in [5.74, 6) is 0. The van der Waals surface area contributed by atoms with E-state index in [0.717, 1.165) is 11.4 Å². The van der Waals surface area contributed by atoms with Crippen molar-refractivity contribution in [2.45, 2.75) is 25.3 Å². The third-order valence-electron chi connectivity index (χ3n) is 1.62. The second-order valence-corrected chi connectivity index (χ2v) is 3.06. The molecule has 1 aliphatic heterocycles. The lowest BCUT2D eigenvalue weighted by Crippen LogP contribution is -2.21. The van der Waals surface area contributed by atoms with Crippen molar-refractivity contribution in [3.05, 3.63) is 0 Å². The van der Waals surface area contributed by atoms with Gasteiger partial charge in [0.25, 0.3) is 0 Å². The van der Waals surface area contributed by atoms with Crippen LogP contribution in [0.2, 0.25) is 0 Å². The molecule has 0 spiro atoms. The van der Waals surface area contributed by atoms with Crippen LogP contribution in [0.5, 0.6) is 0 Å². The molecule has 56 valence electrons. The maximum atomic E-state index is 3.43. The van der Waals surface area contributed by atoms with Crippen molar-refractivity contribution in [1.29, 1.82) is 0 Å². The molecular weight excluding hydrogens is 201 g/mol. The summed E-state index contributed by atoms with van der Waals surface area (Å²) in [5, 5.41) is 4.57. The molecule has 0 unspecified atom stereocenters. The second kappa shape index (κ2) is 5.51. The van der Waals surface area contributed by atoms with Crippen LogP contribution in [0.15, 0.2) is 0 Å². The quantitative estimate of drug-likeness (QED) is 0.693. The van der Waals surface area contributed by atoms with Crippen molar-refractivity contribution in [1.82, 2.24) is 5.32 Å². The topological polar surface area (TPSA) is 12.0 Å². The number of alkyl halides is 1. The highest BCUT2D eigenvalue weighted by Gasteiger charge is 2.11. The molecule has 9 heavy (non-hydrogen) atoms. The van der Waals surface area contributed by atoms with E-state index in [1.54, 1.807) is 0 Å². The number of halogens is 2. The Balaban J connectivity index is 0.000000640. The van der Waals surface area contributed by atoms with Gasteiger partial charge in [0.1, 0.15) is 0 Å². The van der Waals surface area contributed by atoms with Gasteiger partial charge in [-0.25, -0.2) is 0 Å². The standard InChI is InChI=1S/C6H12BrN.ClH/c7-4-3-6-2-1-5-8-6;/h6,8H,1-5H2;1H/t6-;/m0./s1. The van der Waals surface area contributed by atoms with Crippen molar-refractivity contribution in [3.63, 3.8) is 0 Å². The first kappa shape index (κ1) is 9.73. The smallest absolute Gasteiger partial charge is 0.00754 e. The van der Waals surface area contributed by atoms with Crippen LogP contribution >= 0.6 is 28.3 Å². The SMILES string of the molecule is BrCC[C@@H]1CCCN1.Cl. The van der Waals surface area contributed by atoms with Crippen molar-refractivity contribution in [3.8, 4) is 0 Å². The van der Waals surface area contributed by atoms with E-state index in [9.17, 15) is 0 Å². The normalized spacial score (nSPS) is 25.7. The van der Waals surface area contributed by atoms with Gasteiger partial charge >= 0.3 is 0 Å². The fourth-order valence-corrected chi connectivity index (χ4v) is 1.69. The molecule has 0 aliphatic carbocycles. The van der Waals surface area contributed by atoms with Crippen LogP contribution < -0.4 is 5.32 Å². The Kier molecular flexibility index (Phi) is 5.96. The molecule has 1 fully saturated rings. The van der Waals surface area contributed by atoms with Gasteiger partial charge in [0.15, 0.2) is 0 Å². The molecule has 1 saturated heterocycles. The number of nitrogens with one attached hydrogen (secondary N) is 1. The van der Waals surface area contributed by atoms with Gasteiger partial charge in [-0.2, -0.15) is 0 Å². The van der Waals surface area contributed by atoms with E-state index in [1.807, 2.05) is 0 Å². The molecule has 1 aliphatic rings. The average molecular weight is 215 g/mol. The molecule has 0 radical (unpaired) electrons. The molecule has 1 atom stereocenters. The van der Waals surface area contributed by atoms with Crippen molar-refractivity contribution in [2.75, 3.05) is 11.9 Å². The van der Waals surface area contributed by atoms with Gasteiger partial charge in [-0.1, -0.05) is 15.9 Å². The Hall–Kier alpha value is 0.730. The molecule has 0 aromatic heterocycles. The van der Waals surface area contributed by atoms with E-state index in [-0.39, 0.29) is 12.4 Å². The van der Waals surface area contributed by atoms with Crippen LogP contribution in [-0.2, 0) is 0 Å². The molecule has 0 saturated carbocycles. The van der Waals surface area contributed by atoms with Gasteiger partial charge in [0.2, 0.25) is 0 Å². The number of rotatable bonds is 2.